The molecule has 16 heavy (non-hydrogen) atoms. The maximum atomic E-state index is 11.7. The molecule has 1 atom stereocenters. The van der Waals surface area contributed by atoms with Crippen molar-refractivity contribution in [3.8, 4) is 0 Å². The summed E-state index contributed by atoms with van der Waals surface area (Å²) in [5.74, 6) is 0.903. The molecule has 0 fully saturated rings. The molecule has 0 spiro atoms. The minimum atomic E-state index is -0.975. The Morgan fingerprint density at radius 1 is 1.44 bits per heavy atom. The summed E-state index contributed by atoms with van der Waals surface area (Å²) in [6.07, 6.45) is 0. The zero-order chi connectivity index (χ0) is 11.1. The summed E-state index contributed by atoms with van der Waals surface area (Å²) >= 11 is 0. The second-order valence-electron chi connectivity index (χ2n) is 2.90. The van der Waals surface area contributed by atoms with Gasteiger partial charge >= 0.3 is 0 Å². The van der Waals surface area contributed by atoms with Gasteiger partial charge in [-0.25, -0.2) is 0 Å². The molecule has 0 radical (unpaired) electrons. The molecule has 1 rings (SSSR count). The van der Waals surface area contributed by atoms with Gasteiger partial charge in [0.05, 0.1) is 10.8 Å². The number of hydrogen-bond acceptors (Lipinski definition) is 2. The van der Waals surface area contributed by atoms with E-state index in [2.05, 4.69) is 10.3 Å². The Balaban J connectivity index is 0.00000225. The molecule has 0 aromatic heterocycles. The van der Waals surface area contributed by atoms with Crippen LogP contribution in [0.15, 0.2) is 40.2 Å². The molecule has 1 unspecified atom stereocenters. The summed E-state index contributed by atoms with van der Waals surface area (Å²) in [6, 6.07) is 9.37. The molecule has 4 nitrogen and oxygen atoms in total. The molecule has 0 bridgehead atoms. The highest BCUT2D eigenvalue weighted by Gasteiger charge is 2.01. The molecule has 0 aliphatic rings. The van der Waals surface area contributed by atoms with Crippen LogP contribution in [0, 0.1) is 0 Å². The zero-order valence-electron chi connectivity index (χ0n) is 9.05. The van der Waals surface area contributed by atoms with Crippen molar-refractivity contribution < 1.29 is 4.21 Å². The molecule has 0 amide bonds. The number of nitrogens with one attached hydrogen (secondary N) is 1. The van der Waals surface area contributed by atoms with Gasteiger partial charge in [0.1, 0.15) is 0 Å². The third kappa shape index (κ3) is 5.45. The van der Waals surface area contributed by atoms with Gasteiger partial charge in [-0.05, 0) is 12.1 Å². The van der Waals surface area contributed by atoms with Crippen molar-refractivity contribution in [1.82, 2.24) is 5.32 Å². The van der Waals surface area contributed by atoms with Crippen molar-refractivity contribution in [2.45, 2.75) is 4.90 Å². The normalized spacial score (nSPS) is 12.7. The molecular formula is C10H16IN3OS. The van der Waals surface area contributed by atoms with E-state index in [1.165, 1.54) is 0 Å². The van der Waals surface area contributed by atoms with Crippen LogP contribution in [0.1, 0.15) is 0 Å². The van der Waals surface area contributed by atoms with E-state index in [1.54, 1.807) is 7.05 Å². The van der Waals surface area contributed by atoms with E-state index in [-0.39, 0.29) is 24.0 Å². The monoisotopic (exact) mass is 353 g/mol. The van der Waals surface area contributed by atoms with Gasteiger partial charge in [-0.2, -0.15) is 0 Å². The van der Waals surface area contributed by atoms with E-state index in [1.807, 2.05) is 30.3 Å². The number of hydrogen-bond donors (Lipinski definition) is 2. The standard InChI is InChI=1S/C10H15N3OS.HI/c1-12-10(11)13-7-8-15(14)9-5-3-2-4-6-9;/h2-6H,7-8H2,1H3,(H3,11,12,13);1H. The molecule has 0 saturated carbocycles. The van der Waals surface area contributed by atoms with Crippen LogP contribution in [0.5, 0.6) is 0 Å². The first-order valence-corrected chi connectivity index (χ1v) is 5.95. The van der Waals surface area contributed by atoms with Crippen molar-refractivity contribution >= 4 is 40.7 Å². The van der Waals surface area contributed by atoms with E-state index in [0.29, 0.717) is 18.3 Å². The van der Waals surface area contributed by atoms with Crippen LogP contribution >= 0.6 is 24.0 Å². The molecule has 0 saturated heterocycles. The van der Waals surface area contributed by atoms with E-state index >= 15 is 0 Å². The molecule has 0 aliphatic heterocycles. The average Bonchev–Trinajstić information content (AvgIpc) is 2.29. The summed E-state index contributed by atoms with van der Waals surface area (Å²) in [6.45, 7) is 0.560. The summed E-state index contributed by atoms with van der Waals surface area (Å²) in [4.78, 5) is 4.58. The van der Waals surface area contributed by atoms with Crippen LogP contribution in [0.4, 0.5) is 0 Å². The lowest BCUT2D eigenvalue weighted by Crippen LogP contribution is -2.34. The van der Waals surface area contributed by atoms with Gasteiger partial charge in [0, 0.05) is 24.2 Å². The summed E-state index contributed by atoms with van der Waals surface area (Å²) in [7, 11) is 0.633. The van der Waals surface area contributed by atoms with Crippen LogP contribution in [-0.4, -0.2) is 29.5 Å². The van der Waals surface area contributed by atoms with E-state index in [9.17, 15) is 4.21 Å². The van der Waals surface area contributed by atoms with Crippen LogP contribution in [0.2, 0.25) is 0 Å². The predicted octanol–water partition coefficient (Wildman–Crippen LogP) is 0.946. The maximum absolute atomic E-state index is 11.7. The first-order valence-electron chi connectivity index (χ1n) is 4.63. The highest BCUT2D eigenvalue weighted by Crippen LogP contribution is 2.04. The molecule has 3 N–H and O–H groups in total. The van der Waals surface area contributed by atoms with Gasteiger partial charge in [0.15, 0.2) is 5.96 Å². The molecular weight excluding hydrogens is 337 g/mol. The van der Waals surface area contributed by atoms with Gasteiger partial charge in [0.25, 0.3) is 0 Å². The van der Waals surface area contributed by atoms with Crippen LogP contribution in [-0.2, 0) is 10.8 Å². The van der Waals surface area contributed by atoms with Gasteiger partial charge in [-0.3, -0.25) is 9.20 Å². The lowest BCUT2D eigenvalue weighted by molar-refractivity contribution is 0.681. The molecule has 0 heterocycles. The minimum absolute atomic E-state index is 0. The Hall–Kier alpha value is -0.630. The van der Waals surface area contributed by atoms with E-state index < -0.39 is 10.8 Å². The first-order chi connectivity index (χ1) is 7.24. The lowest BCUT2D eigenvalue weighted by Gasteiger charge is -2.04. The SMILES string of the molecule is CN=C(N)NCCS(=O)c1ccccc1.I. The fraction of sp³-hybridized carbons (Fsp3) is 0.300. The predicted molar refractivity (Wildman–Crippen MR) is 78.7 cm³/mol. The quantitative estimate of drug-likeness (QED) is 0.481. The Kier molecular flexibility index (Phi) is 8.18. The number of aliphatic imine (C=N–C) groups is 1. The van der Waals surface area contributed by atoms with Crippen molar-refractivity contribution in [3.63, 3.8) is 0 Å². The second-order valence-corrected chi connectivity index (χ2v) is 4.47. The van der Waals surface area contributed by atoms with Gasteiger partial charge < -0.3 is 11.1 Å². The second kappa shape index (κ2) is 8.51. The highest BCUT2D eigenvalue weighted by molar-refractivity contribution is 14.0. The smallest absolute Gasteiger partial charge is 0.188 e. The summed E-state index contributed by atoms with van der Waals surface area (Å²) in [5.41, 5.74) is 5.44. The Morgan fingerprint density at radius 2 is 2.06 bits per heavy atom. The number of benzene rings is 1. The summed E-state index contributed by atoms with van der Waals surface area (Å²) in [5, 5.41) is 2.87. The maximum Gasteiger partial charge on any atom is 0.188 e. The van der Waals surface area contributed by atoms with Crippen LogP contribution in [0.3, 0.4) is 0 Å². The number of guanidine groups is 1. The van der Waals surface area contributed by atoms with Crippen molar-refractivity contribution in [3.05, 3.63) is 30.3 Å². The molecule has 1 aromatic carbocycles. The highest BCUT2D eigenvalue weighted by atomic mass is 127. The van der Waals surface area contributed by atoms with Crippen molar-refractivity contribution in [2.75, 3.05) is 19.3 Å². The fourth-order valence-electron chi connectivity index (χ4n) is 1.04. The van der Waals surface area contributed by atoms with Crippen LogP contribution < -0.4 is 11.1 Å². The van der Waals surface area contributed by atoms with Crippen LogP contribution in [0.25, 0.3) is 0 Å². The summed E-state index contributed by atoms with van der Waals surface area (Å²) < 4.78 is 11.7. The molecule has 6 heteroatoms. The molecule has 0 aliphatic carbocycles. The number of nitrogens with two attached hydrogens (primary N) is 1. The zero-order valence-corrected chi connectivity index (χ0v) is 12.2. The van der Waals surface area contributed by atoms with Gasteiger partial charge in [-0.1, -0.05) is 18.2 Å². The Morgan fingerprint density at radius 3 is 2.62 bits per heavy atom. The van der Waals surface area contributed by atoms with Crippen molar-refractivity contribution in [1.29, 1.82) is 0 Å². The molecule has 1 aromatic rings. The Bertz CT molecular complexity index is 356. The third-order valence-electron chi connectivity index (χ3n) is 1.84. The number of halogens is 1. The number of nitrogens with zero attached hydrogens (tertiary/aromatic N) is 1. The largest absolute Gasteiger partial charge is 0.370 e. The van der Waals surface area contributed by atoms with Crippen molar-refractivity contribution in [2.24, 2.45) is 10.7 Å². The van der Waals surface area contributed by atoms with Gasteiger partial charge in [-0.15, -0.1) is 24.0 Å². The average molecular weight is 353 g/mol. The van der Waals surface area contributed by atoms with E-state index in [0.717, 1.165) is 4.90 Å². The minimum Gasteiger partial charge on any atom is -0.370 e. The first kappa shape index (κ1) is 15.4. The van der Waals surface area contributed by atoms with Gasteiger partial charge in [0.2, 0.25) is 0 Å². The van der Waals surface area contributed by atoms with E-state index in [4.69, 9.17) is 5.73 Å². The number of rotatable bonds is 4. The third-order valence-corrected chi connectivity index (χ3v) is 3.21. The topological polar surface area (TPSA) is 67.5 Å². The lowest BCUT2D eigenvalue weighted by atomic mass is 10.4. The molecule has 90 valence electrons. The fourth-order valence-corrected chi connectivity index (χ4v) is 2.02. The Labute approximate surface area is 115 Å².